The zero-order chi connectivity index (χ0) is 23.0. The molecule has 0 saturated carbocycles. The van der Waals surface area contributed by atoms with E-state index in [1.807, 2.05) is 30.3 Å². The summed E-state index contributed by atoms with van der Waals surface area (Å²) in [6.07, 6.45) is 3.11. The maximum Gasteiger partial charge on any atom is 0.322 e. The van der Waals surface area contributed by atoms with Crippen molar-refractivity contribution >= 4 is 17.6 Å². The van der Waals surface area contributed by atoms with Crippen LogP contribution in [0.15, 0.2) is 48.9 Å². The molecule has 3 amide bonds. The molecule has 33 heavy (non-hydrogen) atoms. The van der Waals surface area contributed by atoms with Gasteiger partial charge in [-0.05, 0) is 31.0 Å². The number of aromatic nitrogens is 2. The number of ether oxygens (including phenoxy) is 2. The van der Waals surface area contributed by atoms with Crippen LogP contribution in [-0.2, 0) is 20.8 Å². The number of fused-ring (bicyclic) bond motifs is 1. The largest absolute Gasteiger partial charge is 0.389 e. The minimum Gasteiger partial charge on any atom is -0.389 e. The van der Waals surface area contributed by atoms with Crippen LogP contribution in [0.5, 0.6) is 0 Å². The summed E-state index contributed by atoms with van der Waals surface area (Å²) in [4.78, 5) is 35.0. The fraction of sp³-hybridized carbons (Fsp3) is 0.478. The van der Waals surface area contributed by atoms with Gasteiger partial charge in [0.1, 0.15) is 12.4 Å². The third kappa shape index (κ3) is 6.47. The average molecular weight is 456 g/mol. The van der Waals surface area contributed by atoms with E-state index in [-0.39, 0.29) is 56.4 Å². The third-order valence-electron chi connectivity index (χ3n) is 5.79. The van der Waals surface area contributed by atoms with E-state index >= 15 is 0 Å². The molecule has 0 aliphatic carbocycles. The van der Waals surface area contributed by atoms with Crippen LogP contribution in [-0.4, -0.2) is 76.0 Å². The minimum atomic E-state index is -0.780. The van der Waals surface area contributed by atoms with Gasteiger partial charge in [0.15, 0.2) is 0 Å². The van der Waals surface area contributed by atoms with E-state index in [4.69, 9.17) is 9.47 Å². The zero-order valence-electron chi connectivity index (χ0n) is 18.3. The number of rotatable bonds is 5. The summed E-state index contributed by atoms with van der Waals surface area (Å²) < 4.78 is 11.8. The average Bonchev–Trinajstić information content (AvgIpc) is 2.82. The molecule has 1 aromatic heterocycles. The van der Waals surface area contributed by atoms with Gasteiger partial charge in [0, 0.05) is 11.9 Å². The first-order chi connectivity index (χ1) is 16.1. The number of β-amino-alcohol motifs (C(OH)–C–C–N with tert-alkyl or cyclic N) is 1. The van der Waals surface area contributed by atoms with Crippen molar-refractivity contribution in [1.29, 1.82) is 0 Å². The van der Waals surface area contributed by atoms with Crippen LogP contribution in [0.1, 0.15) is 25.0 Å². The second-order valence-corrected chi connectivity index (χ2v) is 8.26. The van der Waals surface area contributed by atoms with Gasteiger partial charge in [0.25, 0.3) is 0 Å². The van der Waals surface area contributed by atoms with Crippen LogP contribution in [0.2, 0.25) is 0 Å². The molecule has 4 rings (SSSR count). The van der Waals surface area contributed by atoms with E-state index in [9.17, 15) is 14.7 Å². The summed E-state index contributed by atoms with van der Waals surface area (Å²) in [5.41, 5.74) is 1.41. The summed E-state index contributed by atoms with van der Waals surface area (Å²) in [6.45, 7) is 0.837. The van der Waals surface area contributed by atoms with Gasteiger partial charge < -0.3 is 30.1 Å². The molecule has 0 radical (unpaired) electrons. The number of aliphatic hydroxyl groups is 1. The Morgan fingerprint density at radius 3 is 2.79 bits per heavy atom. The lowest BCUT2D eigenvalue weighted by Crippen LogP contribution is -2.58. The van der Waals surface area contributed by atoms with Crippen LogP contribution in [0.4, 0.5) is 10.5 Å². The van der Waals surface area contributed by atoms with E-state index in [1.54, 1.807) is 17.2 Å². The fourth-order valence-corrected chi connectivity index (χ4v) is 4.18. The van der Waals surface area contributed by atoms with Gasteiger partial charge >= 0.3 is 6.03 Å². The first kappa shape index (κ1) is 23.1. The fourth-order valence-electron chi connectivity index (χ4n) is 4.18. The SMILES string of the molecule is O=C(C[C@H]1CC[C@@H]2[C@H](COC[C@@H](O)CN2C(=O)Nc2ccccc2)O1)NCc1ccncn1. The molecular formula is C23H29N5O5. The molecule has 3 N–H and O–H groups in total. The predicted octanol–water partition coefficient (Wildman–Crippen LogP) is 1.32. The number of aliphatic hydroxyl groups excluding tert-OH is 1. The lowest BCUT2D eigenvalue weighted by atomic mass is 9.95. The highest BCUT2D eigenvalue weighted by Gasteiger charge is 2.40. The van der Waals surface area contributed by atoms with Gasteiger partial charge in [-0.1, -0.05) is 18.2 Å². The van der Waals surface area contributed by atoms with Crippen molar-refractivity contribution in [2.45, 2.75) is 50.2 Å². The van der Waals surface area contributed by atoms with Crippen molar-refractivity contribution in [3.8, 4) is 0 Å². The molecule has 3 heterocycles. The van der Waals surface area contributed by atoms with Gasteiger partial charge in [-0.15, -0.1) is 0 Å². The Hall–Kier alpha value is -3.08. The van der Waals surface area contributed by atoms with Gasteiger partial charge in [-0.2, -0.15) is 0 Å². The topological polar surface area (TPSA) is 126 Å². The first-order valence-electron chi connectivity index (χ1n) is 11.1. The molecule has 176 valence electrons. The Bertz CT molecular complexity index is 916. The molecule has 2 aliphatic heterocycles. The number of benzene rings is 1. The Morgan fingerprint density at radius 2 is 2.00 bits per heavy atom. The molecule has 2 saturated heterocycles. The van der Waals surface area contributed by atoms with Crippen molar-refractivity contribution in [2.24, 2.45) is 0 Å². The monoisotopic (exact) mass is 455 g/mol. The molecule has 0 spiro atoms. The highest BCUT2D eigenvalue weighted by Crippen LogP contribution is 2.28. The molecule has 2 aliphatic rings. The van der Waals surface area contributed by atoms with Crippen LogP contribution < -0.4 is 10.6 Å². The maximum absolute atomic E-state index is 13.0. The summed E-state index contributed by atoms with van der Waals surface area (Å²) in [5.74, 6) is -0.127. The van der Waals surface area contributed by atoms with E-state index in [0.29, 0.717) is 25.1 Å². The number of amides is 3. The predicted molar refractivity (Wildman–Crippen MR) is 119 cm³/mol. The summed E-state index contributed by atoms with van der Waals surface area (Å²) in [7, 11) is 0. The van der Waals surface area contributed by atoms with E-state index in [1.165, 1.54) is 6.33 Å². The number of carbonyl (C=O) groups excluding carboxylic acids is 2. The standard InChI is InChI=1S/C23H29N5O5/c29-18-12-28(23(31)27-16-4-2-1-3-5-16)20-7-6-19(33-21(20)14-32-13-18)10-22(30)25-11-17-8-9-24-15-26-17/h1-5,8-9,15,18-21,29H,6-7,10-14H2,(H,25,30)(H,27,31)/t18-,19+,20+,21-/m0/s1. The number of urea groups is 1. The number of carbonyl (C=O) groups is 2. The van der Waals surface area contributed by atoms with Gasteiger partial charge in [-0.3, -0.25) is 4.79 Å². The number of nitrogens with one attached hydrogen (secondary N) is 2. The van der Waals surface area contributed by atoms with Crippen molar-refractivity contribution in [3.63, 3.8) is 0 Å². The third-order valence-corrected chi connectivity index (χ3v) is 5.79. The van der Waals surface area contributed by atoms with Crippen molar-refractivity contribution in [3.05, 3.63) is 54.6 Å². The number of hydrogen-bond donors (Lipinski definition) is 3. The Morgan fingerprint density at radius 1 is 1.15 bits per heavy atom. The number of hydrogen-bond acceptors (Lipinski definition) is 7. The molecule has 0 bridgehead atoms. The first-order valence-corrected chi connectivity index (χ1v) is 11.1. The quantitative estimate of drug-likeness (QED) is 0.621. The second kappa shape index (κ2) is 11.2. The summed E-state index contributed by atoms with van der Waals surface area (Å²) >= 11 is 0. The van der Waals surface area contributed by atoms with E-state index in [0.717, 1.165) is 5.69 Å². The van der Waals surface area contributed by atoms with Gasteiger partial charge in [0.05, 0.1) is 56.7 Å². The molecule has 2 fully saturated rings. The van der Waals surface area contributed by atoms with Crippen LogP contribution in [0, 0.1) is 0 Å². The lowest BCUT2D eigenvalue weighted by molar-refractivity contribution is -0.149. The molecular weight excluding hydrogens is 426 g/mol. The molecule has 1 aromatic carbocycles. The lowest BCUT2D eigenvalue weighted by Gasteiger charge is -2.44. The highest BCUT2D eigenvalue weighted by molar-refractivity contribution is 5.89. The van der Waals surface area contributed by atoms with Crippen LogP contribution >= 0.6 is 0 Å². The normalized spacial score (nSPS) is 25.3. The van der Waals surface area contributed by atoms with Gasteiger partial charge in [-0.25, -0.2) is 14.8 Å². The molecule has 4 atom stereocenters. The maximum atomic E-state index is 13.0. The second-order valence-electron chi connectivity index (χ2n) is 8.26. The van der Waals surface area contributed by atoms with Gasteiger partial charge in [0.2, 0.25) is 5.91 Å². The molecule has 2 aromatic rings. The van der Waals surface area contributed by atoms with Crippen molar-refractivity contribution < 1.29 is 24.2 Å². The minimum absolute atomic E-state index is 0.117. The Labute approximate surface area is 192 Å². The zero-order valence-corrected chi connectivity index (χ0v) is 18.3. The van der Waals surface area contributed by atoms with Crippen molar-refractivity contribution in [1.82, 2.24) is 20.2 Å². The Kier molecular flexibility index (Phi) is 7.82. The summed E-state index contributed by atoms with van der Waals surface area (Å²) in [6, 6.07) is 10.4. The van der Waals surface area contributed by atoms with Crippen LogP contribution in [0.25, 0.3) is 0 Å². The number of anilines is 1. The Balaban J connectivity index is 1.35. The molecule has 0 unspecified atom stereocenters. The highest BCUT2D eigenvalue weighted by atomic mass is 16.5. The number of para-hydroxylation sites is 1. The number of nitrogens with zero attached hydrogens (tertiary/aromatic N) is 3. The smallest absolute Gasteiger partial charge is 0.322 e. The van der Waals surface area contributed by atoms with E-state index < -0.39 is 6.10 Å². The summed E-state index contributed by atoms with van der Waals surface area (Å²) in [5, 5.41) is 16.0. The van der Waals surface area contributed by atoms with E-state index in [2.05, 4.69) is 20.6 Å². The molecule has 10 nitrogen and oxygen atoms in total. The van der Waals surface area contributed by atoms with Crippen molar-refractivity contribution in [2.75, 3.05) is 25.1 Å². The molecule has 10 heteroatoms. The van der Waals surface area contributed by atoms with Crippen LogP contribution in [0.3, 0.4) is 0 Å².